The number of fused-ring (bicyclic) bond motifs is 3. The molecule has 0 spiro atoms. The zero-order valence-electron chi connectivity index (χ0n) is 19.1. The van der Waals surface area contributed by atoms with Gasteiger partial charge in [0.2, 0.25) is 0 Å². The Balaban J connectivity index is 2.36. The molecule has 0 saturated carbocycles. The van der Waals surface area contributed by atoms with Crippen LogP contribution in [0.5, 0.6) is 0 Å². The second kappa shape index (κ2) is 11.0. The van der Waals surface area contributed by atoms with Gasteiger partial charge < -0.3 is 23.0 Å². The average Bonchev–Trinajstić information content (AvgIpc) is 2.71. The molecule has 3 rings (SSSR count). The minimum Gasteiger partial charge on any atom is -0.372 e. The summed E-state index contributed by atoms with van der Waals surface area (Å²) in [5.74, 6) is 1.47. The van der Waals surface area contributed by atoms with Gasteiger partial charge in [0.05, 0.1) is 37.8 Å². The summed E-state index contributed by atoms with van der Waals surface area (Å²) in [5.41, 5.74) is -0.625. The number of rotatable bonds is 11. The quantitative estimate of drug-likeness (QED) is 0.264. The number of nitrogens with zero attached hydrogens (tertiary/aromatic N) is 2. The summed E-state index contributed by atoms with van der Waals surface area (Å²) in [6.07, 6.45) is 2.71. The highest BCUT2D eigenvalue weighted by Crippen LogP contribution is 2.58. The van der Waals surface area contributed by atoms with Crippen LogP contribution >= 0.6 is 15.9 Å². The molecule has 0 aromatic rings. The van der Waals surface area contributed by atoms with Crippen LogP contribution in [0.4, 0.5) is 0 Å². The third kappa shape index (κ3) is 5.94. The Morgan fingerprint density at radius 2 is 1.97 bits per heavy atom. The summed E-state index contributed by atoms with van der Waals surface area (Å²) < 4.78 is 43.9. The second-order valence-electron chi connectivity index (χ2n) is 8.27. The van der Waals surface area contributed by atoms with E-state index in [1.165, 1.54) is 20.0 Å². The van der Waals surface area contributed by atoms with Crippen LogP contribution in [-0.2, 0) is 27.6 Å². The summed E-state index contributed by atoms with van der Waals surface area (Å²) in [7, 11) is 0.371. The first-order valence-corrected chi connectivity index (χ1v) is 13.3. The van der Waals surface area contributed by atoms with Gasteiger partial charge in [-0.1, -0.05) is 0 Å². The van der Waals surface area contributed by atoms with Crippen LogP contribution in [0.25, 0.3) is 0 Å². The zero-order valence-corrected chi connectivity index (χ0v) is 20.9. The maximum atomic E-state index is 12.5. The third-order valence-electron chi connectivity index (χ3n) is 5.41. The highest BCUT2D eigenvalue weighted by Gasteiger charge is 2.54. The molecule has 3 aliphatic rings. The second-order valence-corrected chi connectivity index (χ2v) is 12.4. The fraction of sp³-hybridized carbons (Fsp3) is 0.842. The summed E-state index contributed by atoms with van der Waals surface area (Å²) in [6, 6.07) is 2.59. The molecule has 8 nitrogen and oxygen atoms in total. The van der Waals surface area contributed by atoms with Crippen LogP contribution in [0.1, 0.15) is 40.5 Å². The first-order chi connectivity index (χ1) is 14.1. The molecule has 30 heavy (non-hydrogen) atoms. The van der Waals surface area contributed by atoms with Crippen molar-refractivity contribution in [1.82, 2.24) is 4.67 Å². The van der Waals surface area contributed by atoms with Crippen LogP contribution in [0.15, 0.2) is 11.9 Å². The lowest BCUT2D eigenvalue weighted by Gasteiger charge is -2.55. The smallest absolute Gasteiger partial charge is 0.353 e. The molecule has 3 fully saturated rings. The number of nitriles is 1. The van der Waals surface area contributed by atoms with Gasteiger partial charge in [0.1, 0.15) is 21.7 Å². The van der Waals surface area contributed by atoms with Crippen molar-refractivity contribution in [3.63, 3.8) is 0 Å². The Hall–Kier alpha value is -0.285. The van der Waals surface area contributed by atoms with E-state index in [0.717, 1.165) is 0 Å². The molecule has 0 aromatic carbocycles. The fourth-order valence-corrected chi connectivity index (χ4v) is 7.95. The molecule has 3 heterocycles. The first-order valence-electron chi connectivity index (χ1n) is 10.4. The van der Waals surface area contributed by atoms with Crippen molar-refractivity contribution < 1.29 is 27.6 Å². The number of hydrogen-bond acceptors (Lipinski definition) is 8. The first kappa shape index (κ1) is 26.0. The summed E-state index contributed by atoms with van der Waals surface area (Å²) in [4.78, 5) is 0. The molecule has 170 valence electrons. The van der Waals surface area contributed by atoms with E-state index in [4.69, 9.17) is 28.3 Å². The van der Waals surface area contributed by atoms with Gasteiger partial charge in [-0.05, 0) is 40.2 Å². The molecule has 0 N–H and O–H groups in total. The van der Waals surface area contributed by atoms with E-state index in [2.05, 4.69) is 38.4 Å². The van der Waals surface area contributed by atoms with E-state index in [0.29, 0.717) is 26.1 Å². The van der Waals surface area contributed by atoms with Crippen molar-refractivity contribution in [3.8, 4) is 6.07 Å². The van der Waals surface area contributed by atoms with Crippen LogP contribution in [-0.4, -0.2) is 75.4 Å². The lowest BCUT2D eigenvalue weighted by molar-refractivity contribution is -0.224. The normalized spacial score (nSPS) is 30.5. The molecule has 0 aromatic heterocycles. The van der Waals surface area contributed by atoms with Crippen molar-refractivity contribution in [2.24, 2.45) is 0 Å². The van der Waals surface area contributed by atoms with Gasteiger partial charge in [-0.3, -0.25) is 9.24 Å². The van der Waals surface area contributed by atoms with Crippen molar-refractivity contribution in [1.29, 1.82) is 5.26 Å². The minimum atomic E-state index is -3.31. The van der Waals surface area contributed by atoms with E-state index in [1.54, 1.807) is 6.08 Å². The number of ether oxygens (including phenoxy) is 2. The van der Waals surface area contributed by atoms with E-state index in [1.807, 2.05) is 7.85 Å². The van der Waals surface area contributed by atoms with Crippen LogP contribution in [0.2, 0.25) is 0 Å². The standard InChI is InChI=1S/C19H35BN2O6P2/c1-14(2)22(15(3)4)29(27-10-7-9-21)16-12-19(8-11-30(23,24-5)25-6)13-26-17(16)18(20)28-19/h8,11,14-18H,7,10,12-13,20H2,1-6H3/b11-8+/t16-,17-,18?,19-,29?/m1/s1. The maximum Gasteiger partial charge on any atom is 0.353 e. The van der Waals surface area contributed by atoms with Crippen molar-refractivity contribution in [3.05, 3.63) is 11.9 Å². The monoisotopic (exact) mass is 460 g/mol. The lowest BCUT2D eigenvalue weighted by Crippen LogP contribution is -2.63. The van der Waals surface area contributed by atoms with Gasteiger partial charge >= 0.3 is 7.60 Å². The molecule has 5 atom stereocenters. The predicted octanol–water partition coefficient (Wildman–Crippen LogP) is 3.23. The van der Waals surface area contributed by atoms with Gasteiger partial charge in [0, 0.05) is 37.8 Å². The van der Waals surface area contributed by atoms with Gasteiger partial charge in [-0.15, -0.1) is 0 Å². The molecule has 0 amide bonds. The Morgan fingerprint density at radius 3 is 2.47 bits per heavy atom. The predicted molar refractivity (Wildman–Crippen MR) is 120 cm³/mol. The van der Waals surface area contributed by atoms with Crippen molar-refractivity contribution in [2.75, 3.05) is 27.4 Å². The van der Waals surface area contributed by atoms with Crippen LogP contribution in [0, 0.1) is 11.3 Å². The molecule has 11 heteroatoms. The fourth-order valence-electron chi connectivity index (χ4n) is 4.20. The van der Waals surface area contributed by atoms with Crippen LogP contribution in [0.3, 0.4) is 0 Å². The zero-order chi connectivity index (χ0) is 22.5. The van der Waals surface area contributed by atoms with Crippen LogP contribution < -0.4 is 0 Å². The molecule has 3 aliphatic heterocycles. The SMILES string of the molecule is BC1O[C@@]2(/C=C/P(=O)(OC)OC)CO[C@@H]1[C@H](P(OCCC#N)N(C(C)C)C(C)C)C2. The van der Waals surface area contributed by atoms with Crippen molar-refractivity contribution in [2.45, 2.75) is 76.0 Å². The largest absolute Gasteiger partial charge is 0.372 e. The minimum absolute atomic E-state index is 0.0925. The van der Waals surface area contributed by atoms with Gasteiger partial charge in [-0.25, -0.2) is 0 Å². The Kier molecular flexibility index (Phi) is 9.55. The van der Waals surface area contributed by atoms with E-state index < -0.39 is 21.5 Å². The molecule has 2 unspecified atom stereocenters. The summed E-state index contributed by atoms with van der Waals surface area (Å²) >= 11 is 0. The van der Waals surface area contributed by atoms with Gasteiger partial charge in [0.25, 0.3) is 0 Å². The Bertz CT molecular complexity index is 672. The Labute approximate surface area is 183 Å². The molecule has 3 saturated heterocycles. The van der Waals surface area contributed by atoms with Crippen molar-refractivity contribution >= 4 is 23.7 Å². The Morgan fingerprint density at radius 1 is 1.33 bits per heavy atom. The molecular weight excluding hydrogens is 425 g/mol. The third-order valence-corrected chi connectivity index (χ3v) is 9.82. The molecule has 2 bridgehead atoms. The molecule has 0 radical (unpaired) electrons. The molecule has 0 aliphatic carbocycles. The highest BCUT2D eigenvalue weighted by atomic mass is 31.2. The summed E-state index contributed by atoms with van der Waals surface area (Å²) in [5, 5.41) is 8.99. The molecular formula is C19H35BN2O6P2. The highest BCUT2D eigenvalue weighted by molar-refractivity contribution is 7.57. The van der Waals surface area contributed by atoms with E-state index in [9.17, 15) is 4.57 Å². The van der Waals surface area contributed by atoms with E-state index in [-0.39, 0.29) is 29.8 Å². The van der Waals surface area contributed by atoms with E-state index >= 15 is 0 Å². The maximum absolute atomic E-state index is 12.5. The van der Waals surface area contributed by atoms with Gasteiger partial charge in [0.15, 0.2) is 0 Å². The number of hydrogen-bond donors (Lipinski definition) is 0. The topological polar surface area (TPSA) is 90.3 Å². The summed E-state index contributed by atoms with van der Waals surface area (Å²) in [6.45, 7) is 9.42. The lowest BCUT2D eigenvalue weighted by atomic mass is 9.80. The average molecular weight is 460 g/mol. The van der Waals surface area contributed by atoms with Gasteiger partial charge in [-0.2, -0.15) is 5.26 Å².